The Labute approximate surface area is 352 Å². The van der Waals surface area contributed by atoms with Gasteiger partial charge in [-0.1, -0.05) is 0 Å². The first-order chi connectivity index (χ1) is 28.2. The second-order valence-electron chi connectivity index (χ2n) is 17.5. The van der Waals surface area contributed by atoms with Crippen molar-refractivity contribution in [1.29, 1.82) is 0 Å². The first-order valence-electron chi connectivity index (χ1n) is 21.4. The molecule has 0 bridgehead atoms. The summed E-state index contributed by atoms with van der Waals surface area (Å²) >= 11 is 0. The van der Waals surface area contributed by atoms with Crippen molar-refractivity contribution in [2.75, 3.05) is 99.4 Å². The number of hydrogen-bond acceptors (Lipinski definition) is 10. The van der Waals surface area contributed by atoms with Gasteiger partial charge < -0.3 is 48.4 Å². The molecule has 59 heavy (non-hydrogen) atoms. The van der Waals surface area contributed by atoms with Crippen molar-refractivity contribution in [1.82, 2.24) is 0 Å². The van der Waals surface area contributed by atoms with E-state index in [1.165, 1.54) is 61.7 Å². The van der Waals surface area contributed by atoms with Crippen LogP contribution < -0.4 is 43.3 Å². The molecule has 0 amide bonds. The molecule has 2 saturated heterocycles. The summed E-state index contributed by atoms with van der Waals surface area (Å²) in [7, 11) is 3.45. The monoisotopic (exact) mass is 806 g/mol. The van der Waals surface area contributed by atoms with Crippen LogP contribution in [-0.4, -0.2) is 96.1 Å². The summed E-state index contributed by atoms with van der Waals surface area (Å²) in [5.41, 5.74) is 13.4. The van der Waals surface area contributed by atoms with E-state index >= 15 is 0 Å². The molecule has 4 heterocycles. The third-order valence-electron chi connectivity index (χ3n) is 12.9. The molecule has 10 heteroatoms. The summed E-state index contributed by atoms with van der Waals surface area (Å²) in [5, 5.41) is 9.79. The summed E-state index contributed by atoms with van der Waals surface area (Å²) in [6.07, 6.45) is 1.69. The Balaban J connectivity index is 0.000000179. The Morgan fingerprint density at radius 1 is 0.559 bits per heavy atom. The highest BCUT2D eigenvalue weighted by Crippen LogP contribution is 2.50. The van der Waals surface area contributed by atoms with Gasteiger partial charge in [0.2, 0.25) is 0 Å². The van der Waals surface area contributed by atoms with Gasteiger partial charge in [0.1, 0.15) is 28.5 Å². The van der Waals surface area contributed by atoms with E-state index in [4.69, 9.17) is 23.7 Å². The van der Waals surface area contributed by atoms with Gasteiger partial charge in [0.05, 0.1) is 27.4 Å². The summed E-state index contributed by atoms with van der Waals surface area (Å²) in [6.45, 7) is 27.9. The van der Waals surface area contributed by atoms with Crippen molar-refractivity contribution >= 4 is 22.7 Å². The van der Waals surface area contributed by atoms with Crippen LogP contribution in [-0.2, 0) is 12.8 Å². The number of nitrogens with zero attached hydrogens (tertiary/aromatic N) is 4. The summed E-state index contributed by atoms with van der Waals surface area (Å²) < 4.78 is 29.1. The van der Waals surface area contributed by atoms with Gasteiger partial charge in [-0.25, -0.2) is 0 Å². The molecule has 0 saturated carbocycles. The van der Waals surface area contributed by atoms with Crippen LogP contribution in [0.25, 0.3) is 0 Å². The summed E-state index contributed by atoms with van der Waals surface area (Å²) in [5.74, 6) is 4.64. The number of rotatable bonds is 9. The first kappa shape index (κ1) is 42.2. The van der Waals surface area contributed by atoms with Gasteiger partial charge >= 0.3 is 0 Å². The lowest BCUT2D eigenvalue weighted by Crippen LogP contribution is -2.47. The number of aliphatic hydroxyl groups is 1. The Kier molecular flexibility index (Phi) is 12.1. The maximum absolute atomic E-state index is 9.79. The Hall–Kier alpha value is -4.96. The molecule has 8 rings (SSSR count). The van der Waals surface area contributed by atoms with E-state index in [2.05, 4.69) is 104 Å². The minimum atomic E-state index is -0.504. The third-order valence-corrected chi connectivity index (χ3v) is 12.9. The number of benzene rings is 4. The van der Waals surface area contributed by atoms with Crippen molar-refractivity contribution in [3.8, 4) is 28.7 Å². The van der Waals surface area contributed by atoms with Crippen molar-refractivity contribution < 1.29 is 28.8 Å². The lowest BCUT2D eigenvalue weighted by atomic mass is 9.91. The number of methoxy groups -OCH3 is 2. The minimum Gasteiger partial charge on any atom is -0.497 e. The highest BCUT2D eigenvalue weighted by atomic mass is 16.5. The fourth-order valence-electron chi connectivity index (χ4n) is 9.62. The van der Waals surface area contributed by atoms with Crippen LogP contribution in [0.2, 0.25) is 0 Å². The molecule has 1 unspecified atom stereocenters. The van der Waals surface area contributed by atoms with Gasteiger partial charge in [0.25, 0.3) is 0 Å². The summed E-state index contributed by atoms with van der Waals surface area (Å²) in [4.78, 5) is 9.93. The molecule has 318 valence electrons. The molecule has 0 aliphatic carbocycles. The number of aliphatic hydroxyl groups excluding tert-OH is 1. The Morgan fingerprint density at radius 2 is 1.03 bits per heavy atom. The van der Waals surface area contributed by atoms with Crippen molar-refractivity contribution in [2.45, 2.75) is 86.4 Å². The molecule has 4 aliphatic rings. The minimum absolute atomic E-state index is 0.0372. The standard InChI is InChI=1S/C25H34N2O3.C24H32N2O3/c1-7-29-20-10-8-19(9-11-20)26-12-14-27(15-13-26)22-17(2)21-16-25(4,5)30-24(21)23(28-6)18(22)3;1-16-17(2)23-21(14-24(4,15-27)29-23)18(3)22(16)26-12-10-25(11-13-26)19-6-8-20(28-5)9-7-19/h8-11H,7,12-16H2,1-6H3;6-9,27H,10-15H2,1-5H3. The zero-order chi connectivity index (χ0) is 42.2. The van der Waals surface area contributed by atoms with Crippen LogP contribution in [0.1, 0.15) is 66.6 Å². The van der Waals surface area contributed by atoms with E-state index in [9.17, 15) is 5.11 Å². The number of hydrogen-bond donors (Lipinski definition) is 1. The van der Waals surface area contributed by atoms with E-state index < -0.39 is 5.60 Å². The predicted molar refractivity (Wildman–Crippen MR) is 241 cm³/mol. The van der Waals surface area contributed by atoms with Crippen LogP contribution >= 0.6 is 0 Å². The largest absolute Gasteiger partial charge is 0.497 e. The lowest BCUT2D eigenvalue weighted by Gasteiger charge is -2.39. The van der Waals surface area contributed by atoms with Gasteiger partial charge in [0.15, 0.2) is 11.5 Å². The molecule has 1 atom stereocenters. The number of fused-ring (bicyclic) bond motifs is 2. The Morgan fingerprint density at radius 3 is 1.51 bits per heavy atom. The number of ether oxygens (including phenoxy) is 5. The molecule has 10 nitrogen and oxygen atoms in total. The average molecular weight is 807 g/mol. The topological polar surface area (TPSA) is 79.3 Å². The van der Waals surface area contributed by atoms with Crippen LogP contribution in [0.15, 0.2) is 48.5 Å². The molecule has 0 spiro atoms. The van der Waals surface area contributed by atoms with Crippen LogP contribution in [0.3, 0.4) is 0 Å². The number of piperazine rings is 2. The SMILES string of the molecule is CCOc1ccc(N2CCN(c3c(C)c4c(c(OC)c3C)OC(C)(C)C4)CC2)cc1.COc1ccc(N2CCN(c3c(C)c(C)c4c(c3C)CC(C)(CO)O4)CC2)cc1. The molecule has 4 aromatic carbocycles. The van der Waals surface area contributed by atoms with Crippen LogP contribution in [0, 0.1) is 34.6 Å². The average Bonchev–Trinajstić information content (AvgIpc) is 3.78. The highest BCUT2D eigenvalue weighted by Gasteiger charge is 2.39. The van der Waals surface area contributed by atoms with Gasteiger partial charge in [-0.15, -0.1) is 0 Å². The second kappa shape index (κ2) is 17.0. The van der Waals surface area contributed by atoms with E-state index in [1.807, 2.05) is 26.0 Å². The van der Waals surface area contributed by atoms with Crippen molar-refractivity contribution in [3.63, 3.8) is 0 Å². The molecule has 0 aromatic heterocycles. The Bertz CT molecular complexity index is 2120. The van der Waals surface area contributed by atoms with Gasteiger partial charge in [-0.2, -0.15) is 0 Å². The third kappa shape index (κ3) is 8.30. The van der Waals surface area contributed by atoms with Gasteiger partial charge in [0, 0.05) is 105 Å². The van der Waals surface area contributed by atoms with Gasteiger partial charge in [-0.3, -0.25) is 0 Å². The van der Waals surface area contributed by atoms with E-state index in [0.717, 1.165) is 93.9 Å². The molecule has 4 aromatic rings. The van der Waals surface area contributed by atoms with Crippen molar-refractivity contribution in [3.05, 3.63) is 87.5 Å². The molecule has 0 radical (unpaired) electrons. The van der Waals surface area contributed by atoms with Crippen LogP contribution in [0.4, 0.5) is 22.7 Å². The van der Waals surface area contributed by atoms with Crippen molar-refractivity contribution in [2.24, 2.45) is 0 Å². The van der Waals surface area contributed by atoms with E-state index in [1.54, 1.807) is 14.2 Å². The molecule has 1 N–H and O–H groups in total. The van der Waals surface area contributed by atoms with Crippen LogP contribution in [0.5, 0.6) is 28.7 Å². The predicted octanol–water partition coefficient (Wildman–Crippen LogP) is 8.38. The van der Waals surface area contributed by atoms with Gasteiger partial charge in [-0.05, 0) is 133 Å². The summed E-state index contributed by atoms with van der Waals surface area (Å²) in [6, 6.07) is 16.8. The number of anilines is 4. The molecule has 2 fully saturated rings. The maximum Gasteiger partial charge on any atom is 0.166 e. The maximum atomic E-state index is 9.79. The fourth-order valence-corrected chi connectivity index (χ4v) is 9.62. The second-order valence-corrected chi connectivity index (χ2v) is 17.5. The lowest BCUT2D eigenvalue weighted by molar-refractivity contribution is 0.0441. The normalized spacial score (nSPS) is 19.3. The fraction of sp³-hybridized carbons (Fsp3) is 0.510. The quantitative estimate of drug-likeness (QED) is 0.178. The molecule has 4 aliphatic heterocycles. The molecular weight excluding hydrogens is 741 g/mol. The molecular formula is C49H66N4O6. The van der Waals surface area contributed by atoms with E-state index in [0.29, 0.717) is 6.61 Å². The zero-order valence-electron chi connectivity index (χ0n) is 37.4. The first-order valence-corrected chi connectivity index (χ1v) is 21.4. The zero-order valence-corrected chi connectivity index (χ0v) is 37.4. The van der Waals surface area contributed by atoms with E-state index in [-0.39, 0.29) is 12.2 Å². The smallest absolute Gasteiger partial charge is 0.166 e. The highest BCUT2D eigenvalue weighted by molar-refractivity contribution is 5.74.